The quantitative estimate of drug-likeness (QED) is 0.834. The average molecular weight is 266 g/mol. The number of aromatic nitrogens is 1. The normalized spacial score (nSPS) is 11.4. The van der Waals surface area contributed by atoms with Crippen LogP contribution in [-0.4, -0.2) is 46.8 Å². The van der Waals surface area contributed by atoms with Crippen LogP contribution in [0.1, 0.15) is 10.4 Å². The van der Waals surface area contributed by atoms with Crippen LogP contribution in [0.5, 0.6) is 0 Å². The van der Waals surface area contributed by atoms with Gasteiger partial charge >= 0.3 is 6.18 Å². The van der Waals surface area contributed by atoms with Crippen molar-refractivity contribution in [1.29, 1.82) is 0 Å². The number of pyridine rings is 1. The lowest BCUT2D eigenvalue weighted by molar-refractivity contribution is -0.141. The molecule has 1 aromatic heterocycles. The SMILES string of the molecule is O=C(c1ccncc1F)N(CCO)CC(F)(F)F. The van der Waals surface area contributed by atoms with Gasteiger partial charge in [0, 0.05) is 12.7 Å². The van der Waals surface area contributed by atoms with E-state index in [-0.39, 0.29) is 0 Å². The lowest BCUT2D eigenvalue weighted by Gasteiger charge is -2.23. The van der Waals surface area contributed by atoms with Crippen LogP contribution < -0.4 is 0 Å². The lowest BCUT2D eigenvalue weighted by atomic mass is 10.2. The maximum absolute atomic E-state index is 13.2. The van der Waals surface area contributed by atoms with Gasteiger partial charge in [-0.25, -0.2) is 4.39 Å². The van der Waals surface area contributed by atoms with Crippen LogP contribution in [0, 0.1) is 5.82 Å². The highest BCUT2D eigenvalue weighted by molar-refractivity contribution is 5.94. The molecule has 1 rings (SSSR count). The smallest absolute Gasteiger partial charge is 0.395 e. The van der Waals surface area contributed by atoms with Gasteiger partial charge in [0.1, 0.15) is 6.54 Å². The van der Waals surface area contributed by atoms with Crippen molar-refractivity contribution in [3.63, 3.8) is 0 Å². The maximum Gasteiger partial charge on any atom is 0.406 e. The second-order valence-electron chi connectivity index (χ2n) is 3.42. The number of amides is 1. The van der Waals surface area contributed by atoms with Crippen molar-refractivity contribution in [3.05, 3.63) is 29.8 Å². The molecule has 0 unspecified atom stereocenters. The molecule has 1 aromatic rings. The van der Waals surface area contributed by atoms with Gasteiger partial charge in [0.2, 0.25) is 0 Å². The minimum absolute atomic E-state index is 0.332. The molecule has 0 aliphatic rings. The fourth-order valence-electron chi connectivity index (χ4n) is 1.31. The number of rotatable bonds is 4. The first-order chi connectivity index (χ1) is 8.35. The van der Waals surface area contributed by atoms with E-state index < -0.39 is 43.2 Å². The van der Waals surface area contributed by atoms with Crippen LogP contribution in [0.3, 0.4) is 0 Å². The highest BCUT2D eigenvalue weighted by Gasteiger charge is 2.33. The molecular formula is C10H10F4N2O2. The first kappa shape index (κ1) is 14.4. The third-order valence-electron chi connectivity index (χ3n) is 2.03. The van der Waals surface area contributed by atoms with Gasteiger partial charge in [-0.1, -0.05) is 0 Å². The standard InChI is InChI=1S/C10H10F4N2O2/c11-8-5-15-2-1-7(8)9(18)16(3-4-17)6-10(12,13)14/h1-2,5,17H,3-4,6H2. The molecule has 1 N–H and O–H groups in total. The Hall–Kier alpha value is -1.70. The van der Waals surface area contributed by atoms with Gasteiger partial charge in [-0.05, 0) is 6.07 Å². The summed E-state index contributed by atoms with van der Waals surface area (Å²) < 4.78 is 49.9. The topological polar surface area (TPSA) is 53.4 Å². The first-order valence-corrected chi connectivity index (χ1v) is 4.91. The summed E-state index contributed by atoms with van der Waals surface area (Å²) in [4.78, 5) is 15.4. The van der Waals surface area contributed by atoms with Crippen LogP contribution in [0.2, 0.25) is 0 Å². The molecule has 1 heterocycles. The number of halogens is 4. The zero-order chi connectivity index (χ0) is 13.8. The van der Waals surface area contributed by atoms with E-state index in [1.54, 1.807) is 0 Å². The van der Waals surface area contributed by atoms with E-state index in [4.69, 9.17) is 5.11 Å². The Bertz CT molecular complexity index is 423. The Labute approximate surface area is 99.9 Å². The van der Waals surface area contributed by atoms with E-state index in [9.17, 15) is 22.4 Å². The fraction of sp³-hybridized carbons (Fsp3) is 0.400. The molecule has 0 saturated carbocycles. The summed E-state index contributed by atoms with van der Waals surface area (Å²) in [5, 5.41) is 8.63. The minimum Gasteiger partial charge on any atom is -0.395 e. The van der Waals surface area contributed by atoms with Crippen LogP contribution in [0.15, 0.2) is 18.5 Å². The molecule has 0 bridgehead atoms. The minimum atomic E-state index is -4.62. The Morgan fingerprint density at radius 2 is 2.11 bits per heavy atom. The summed E-state index contributed by atoms with van der Waals surface area (Å²) in [6.07, 6.45) is -2.78. The molecule has 0 radical (unpaired) electrons. The molecule has 0 saturated heterocycles. The number of alkyl halides is 3. The number of carbonyl (C=O) groups is 1. The molecule has 0 spiro atoms. The summed E-state index contributed by atoms with van der Waals surface area (Å²) in [6, 6.07) is 0.985. The zero-order valence-electron chi connectivity index (χ0n) is 9.12. The molecule has 0 aromatic carbocycles. The number of hydrogen-bond donors (Lipinski definition) is 1. The highest BCUT2D eigenvalue weighted by Crippen LogP contribution is 2.18. The van der Waals surface area contributed by atoms with Gasteiger partial charge in [0.15, 0.2) is 5.82 Å². The van der Waals surface area contributed by atoms with E-state index in [1.807, 2.05) is 0 Å². The van der Waals surface area contributed by atoms with Gasteiger partial charge in [0.25, 0.3) is 5.91 Å². The molecule has 8 heteroatoms. The second kappa shape index (κ2) is 5.76. The summed E-state index contributed by atoms with van der Waals surface area (Å²) >= 11 is 0. The largest absolute Gasteiger partial charge is 0.406 e. The monoisotopic (exact) mass is 266 g/mol. The second-order valence-corrected chi connectivity index (χ2v) is 3.42. The van der Waals surface area contributed by atoms with E-state index in [0.29, 0.717) is 4.90 Å². The third kappa shape index (κ3) is 3.95. The van der Waals surface area contributed by atoms with Gasteiger partial charge in [-0.15, -0.1) is 0 Å². The van der Waals surface area contributed by atoms with Crippen molar-refractivity contribution < 1.29 is 27.5 Å². The Morgan fingerprint density at radius 3 is 2.61 bits per heavy atom. The summed E-state index contributed by atoms with van der Waals surface area (Å²) in [7, 11) is 0. The predicted octanol–water partition coefficient (Wildman–Crippen LogP) is 1.22. The molecule has 0 fully saturated rings. The molecule has 1 amide bonds. The molecular weight excluding hydrogens is 256 g/mol. The fourth-order valence-corrected chi connectivity index (χ4v) is 1.31. The maximum atomic E-state index is 13.2. The van der Waals surface area contributed by atoms with Crippen LogP contribution in [-0.2, 0) is 0 Å². The van der Waals surface area contributed by atoms with E-state index in [0.717, 1.165) is 18.5 Å². The lowest BCUT2D eigenvalue weighted by Crippen LogP contribution is -2.41. The predicted molar refractivity (Wildman–Crippen MR) is 53.2 cm³/mol. The number of carbonyl (C=O) groups excluding carboxylic acids is 1. The summed E-state index contributed by atoms with van der Waals surface area (Å²) in [5.74, 6) is -2.14. The molecule has 0 aliphatic carbocycles. The Kier molecular flexibility index (Phi) is 4.60. The average Bonchev–Trinajstić information content (AvgIpc) is 2.26. The Morgan fingerprint density at radius 1 is 1.44 bits per heavy atom. The molecule has 100 valence electrons. The van der Waals surface area contributed by atoms with E-state index in [2.05, 4.69) is 4.98 Å². The number of nitrogens with zero attached hydrogens (tertiary/aromatic N) is 2. The van der Waals surface area contributed by atoms with Crippen LogP contribution >= 0.6 is 0 Å². The van der Waals surface area contributed by atoms with Crippen molar-refractivity contribution in [1.82, 2.24) is 9.88 Å². The van der Waals surface area contributed by atoms with E-state index in [1.165, 1.54) is 0 Å². The number of aliphatic hydroxyl groups is 1. The van der Waals surface area contributed by atoms with Crippen molar-refractivity contribution in [2.24, 2.45) is 0 Å². The number of hydrogen-bond acceptors (Lipinski definition) is 3. The van der Waals surface area contributed by atoms with Crippen molar-refractivity contribution in [2.75, 3.05) is 19.7 Å². The third-order valence-corrected chi connectivity index (χ3v) is 2.03. The van der Waals surface area contributed by atoms with Gasteiger partial charge in [0.05, 0.1) is 18.4 Å². The van der Waals surface area contributed by atoms with Crippen molar-refractivity contribution in [2.45, 2.75) is 6.18 Å². The summed E-state index contributed by atoms with van der Waals surface area (Å²) in [5.41, 5.74) is -0.511. The van der Waals surface area contributed by atoms with Crippen LogP contribution in [0.25, 0.3) is 0 Å². The van der Waals surface area contributed by atoms with Gasteiger partial charge < -0.3 is 10.0 Å². The summed E-state index contributed by atoms with van der Waals surface area (Å²) in [6.45, 7) is -2.72. The van der Waals surface area contributed by atoms with Crippen molar-refractivity contribution in [3.8, 4) is 0 Å². The van der Waals surface area contributed by atoms with Crippen molar-refractivity contribution >= 4 is 5.91 Å². The molecule has 4 nitrogen and oxygen atoms in total. The van der Waals surface area contributed by atoms with Gasteiger partial charge in [-0.2, -0.15) is 13.2 Å². The molecule has 0 aliphatic heterocycles. The number of aliphatic hydroxyl groups excluding tert-OH is 1. The van der Waals surface area contributed by atoms with E-state index >= 15 is 0 Å². The molecule has 18 heavy (non-hydrogen) atoms. The highest BCUT2D eigenvalue weighted by atomic mass is 19.4. The van der Waals surface area contributed by atoms with Gasteiger partial charge in [-0.3, -0.25) is 9.78 Å². The first-order valence-electron chi connectivity index (χ1n) is 4.91. The zero-order valence-corrected chi connectivity index (χ0v) is 9.12. The molecule has 0 atom stereocenters. The van der Waals surface area contributed by atoms with Crippen LogP contribution in [0.4, 0.5) is 17.6 Å². The Balaban J connectivity index is 2.93.